The highest BCUT2D eigenvalue weighted by molar-refractivity contribution is 7.89. The molecule has 2 aliphatic heterocycles. The molecule has 8 heteroatoms. The number of ether oxygens (including phenoxy) is 2. The van der Waals surface area contributed by atoms with Crippen LogP contribution in [0.1, 0.15) is 27.9 Å². The molecule has 2 heterocycles. The first kappa shape index (κ1) is 22.2. The SMILES string of the molecule is O=C(c1cccc(S(=O)(=O)NCc2ccc3c(c2)OCO3)c1)N1CC=C(c2ccccc2)CC1. The van der Waals surface area contributed by atoms with Gasteiger partial charge in [0.2, 0.25) is 16.8 Å². The van der Waals surface area contributed by atoms with Crippen molar-refractivity contribution in [2.24, 2.45) is 0 Å². The summed E-state index contributed by atoms with van der Waals surface area (Å²) in [5, 5.41) is 0. The minimum Gasteiger partial charge on any atom is -0.454 e. The van der Waals surface area contributed by atoms with Crippen molar-refractivity contribution in [1.29, 1.82) is 0 Å². The second-order valence-electron chi connectivity index (χ2n) is 8.14. The van der Waals surface area contributed by atoms with E-state index in [-0.39, 0.29) is 24.1 Å². The molecule has 0 atom stereocenters. The largest absolute Gasteiger partial charge is 0.454 e. The highest BCUT2D eigenvalue weighted by atomic mass is 32.2. The lowest BCUT2D eigenvalue weighted by Crippen LogP contribution is -2.34. The molecular weight excluding hydrogens is 452 g/mol. The molecule has 0 unspecified atom stereocenters. The summed E-state index contributed by atoms with van der Waals surface area (Å²) in [7, 11) is -3.81. The van der Waals surface area contributed by atoms with Gasteiger partial charge in [-0.3, -0.25) is 4.79 Å². The zero-order valence-corrected chi connectivity index (χ0v) is 19.3. The second kappa shape index (κ2) is 9.32. The minimum absolute atomic E-state index is 0.0524. The molecule has 174 valence electrons. The fraction of sp³-hybridized carbons (Fsp3) is 0.192. The number of nitrogens with one attached hydrogen (secondary N) is 1. The Morgan fingerprint density at radius 1 is 0.941 bits per heavy atom. The molecule has 2 aliphatic rings. The van der Waals surface area contributed by atoms with E-state index >= 15 is 0 Å². The Morgan fingerprint density at radius 3 is 2.56 bits per heavy atom. The van der Waals surface area contributed by atoms with Crippen LogP contribution in [0.15, 0.2) is 83.8 Å². The number of hydrogen-bond acceptors (Lipinski definition) is 5. The van der Waals surface area contributed by atoms with Crippen molar-refractivity contribution < 1.29 is 22.7 Å². The van der Waals surface area contributed by atoms with Crippen molar-refractivity contribution >= 4 is 21.5 Å². The molecule has 0 saturated carbocycles. The van der Waals surface area contributed by atoms with E-state index in [0.29, 0.717) is 30.2 Å². The molecule has 0 aromatic heterocycles. The molecule has 34 heavy (non-hydrogen) atoms. The Kier molecular flexibility index (Phi) is 6.08. The van der Waals surface area contributed by atoms with Gasteiger partial charge in [-0.1, -0.05) is 48.5 Å². The van der Waals surface area contributed by atoms with Gasteiger partial charge in [0, 0.05) is 25.2 Å². The number of amides is 1. The predicted octanol–water partition coefficient (Wildman–Crippen LogP) is 3.82. The average molecular weight is 477 g/mol. The standard InChI is InChI=1S/C26H24N2O5S/c29-26(28-13-11-21(12-14-28)20-5-2-1-3-6-20)22-7-4-8-23(16-22)34(30,31)27-17-19-9-10-24-25(15-19)33-18-32-24/h1-11,15-16,27H,12-14,17-18H2. The van der Waals surface area contributed by atoms with Gasteiger partial charge in [-0.2, -0.15) is 0 Å². The number of carbonyl (C=O) groups excluding carboxylic acids is 1. The maximum absolute atomic E-state index is 13.1. The third-order valence-corrected chi connectivity index (χ3v) is 7.33. The van der Waals surface area contributed by atoms with Crippen LogP contribution < -0.4 is 14.2 Å². The van der Waals surface area contributed by atoms with Gasteiger partial charge in [0.05, 0.1) is 4.90 Å². The van der Waals surface area contributed by atoms with Crippen molar-refractivity contribution in [2.75, 3.05) is 19.9 Å². The minimum atomic E-state index is -3.81. The fourth-order valence-corrected chi connectivity index (χ4v) is 5.12. The molecule has 3 aromatic carbocycles. The van der Waals surface area contributed by atoms with Crippen molar-refractivity contribution in [3.63, 3.8) is 0 Å². The topological polar surface area (TPSA) is 84.9 Å². The monoisotopic (exact) mass is 476 g/mol. The molecule has 0 aliphatic carbocycles. The normalized spacial score (nSPS) is 15.2. The maximum Gasteiger partial charge on any atom is 0.254 e. The summed E-state index contributed by atoms with van der Waals surface area (Å²) in [5.41, 5.74) is 3.47. The van der Waals surface area contributed by atoms with E-state index in [0.717, 1.165) is 17.5 Å². The van der Waals surface area contributed by atoms with Crippen LogP contribution >= 0.6 is 0 Å². The van der Waals surface area contributed by atoms with Crippen LogP contribution in [0.4, 0.5) is 0 Å². The number of rotatable bonds is 6. The summed E-state index contributed by atoms with van der Waals surface area (Å²) in [6, 6.07) is 21.6. The summed E-state index contributed by atoms with van der Waals surface area (Å²) < 4.78 is 39.0. The highest BCUT2D eigenvalue weighted by Crippen LogP contribution is 2.32. The third kappa shape index (κ3) is 4.69. The lowest BCUT2D eigenvalue weighted by Gasteiger charge is -2.27. The summed E-state index contributed by atoms with van der Waals surface area (Å²) in [4.78, 5) is 14.9. The lowest BCUT2D eigenvalue weighted by molar-refractivity contribution is 0.0772. The molecular formula is C26H24N2O5S. The van der Waals surface area contributed by atoms with Crippen molar-refractivity contribution in [2.45, 2.75) is 17.9 Å². The number of hydrogen-bond donors (Lipinski definition) is 1. The van der Waals surface area contributed by atoms with Crippen LogP contribution in [0, 0.1) is 0 Å². The van der Waals surface area contributed by atoms with Crippen molar-refractivity contribution in [3.8, 4) is 11.5 Å². The smallest absolute Gasteiger partial charge is 0.254 e. The van der Waals surface area contributed by atoms with Crippen LogP contribution in [-0.2, 0) is 16.6 Å². The third-order valence-electron chi connectivity index (χ3n) is 5.94. The molecule has 1 amide bonds. The Labute approximate surface area is 198 Å². The van der Waals surface area contributed by atoms with Gasteiger partial charge >= 0.3 is 0 Å². The number of carbonyl (C=O) groups is 1. The Bertz CT molecular complexity index is 1350. The van der Waals surface area contributed by atoms with E-state index in [2.05, 4.69) is 22.9 Å². The van der Waals surface area contributed by atoms with Gasteiger partial charge < -0.3 is 14.4 Å². The van der Waals surface area contributed by atoms with Gasteiger partial charge in [-0.25, -0.2) is 13.1 Å². The maximum atomic E-state index is 13.1. The fourth-order valence-electron chi connectivity index (χ4n) is 4.06. The zero-order chi connectivity index (χ0) is 23.5. The molecule has 0 radical (unpaired) electrons. The van der Waals surface area contributed by atoms with Gasteiger partial charge in [-0.15, -0.1) is 0 Å². The molecule has 0 saturated heterocycles. The van der Waals surface area contributed by atoms with E-state index in [4.69, 9.17) is 9.47 Å². The summed E-state index contributed by atoms with van der Waals surface area (Å²) in [6.07, 6.45) is 2.81. The van der Waals surface area contributed by atoms with Crippen LogP contribution in [0.25, 0.3) is 5.57 Å². The number of benzene rings is 3. The van der Waals surface area contributed by atoms with Crippen LogP contribution in [0.5, 0.6) is 11.5 Å². The van der Waals surface area contributed by atoms with Gasteiger partial charge in [0.1, 0.15) is 0 Å². The summed E-state index contributed by atoms with van der Waals surface area (Å²) >= 11 is 0. The first-order valence-corrected chi connectivity index (χ1v) is 12.5. The first-order chi connectivity index (χ1) is 16.5. The highest BCUT2D eigenvalue weighted by Gasteiger charge is 2.22. The van der Waals surface area contributed by atoms with Crippen molar-refractivity contribution in [1.82, 2.24) is 9.62 Å². The van der Waals surface area contributed by atoms with Gasteiger partial charge in [-0.05, 0) is 53.5 Å². The zero-order valence-electron chi connectivity index (χ0n) is 18.4. The van der Waals surface area contributed by atoms with Crippen LogP contribution in [0.3, 0.4) is 0 Å². The molecule has 7 nitrogen and oxygen atoms in total. The lowest BCUT2D eigenvalue weighted by atomic mass is 9.99. The quantitative estimate of drug-likeness (QED) is 0.585. The molecule has 0 spiro atoms. The average Bonchev–Trinajstić information content (AvgIpc) is 3.36. The summed E-state index contributed by atoms with van der Waals surface area (Å²) in [6.45, 7) is 1.32. The van der Waals surface area contributed by atoms with E-state index in [9.17, 15) is 13.2 Å². The summed E-state index contributed by atoms with van der Waals surface area (Å²) in [5.74, 6) is 1.05. The first-order valence-electron chi connectivity index (χ1n) is 11.0. The van der Waals surface area contributed by atoms with Crippen molar-refractivity contribution in [3.05, 3.63) is 95.6 Å². The molecule has 1 N–H and O–H groups in total. The van der Waals surface area contributed by atoms with E-state index in [1.165, 1.54) is 17.7 Å². The van der Waals surface area contributed by atoms with Crippen LogP contribution in [-0.4, -0.2) is 39.1 Å². The second-order valence-corrected chi connectivity index (χ2v) is 9.90. The Hall–Kier alpha value is -3.62. The Morgan fingerprint density at radius 2 is 1.76 bits per heavy atom. The molecule has 0 bridgehead atoms. The van der Waals surface area contributed by atoms with E-state index in [1.54, 1.807) is 35.2 Å². The number of fused-ring (bicyclic) bond motifs is 1. The number of sulfonamides is 1. The van der Waals surface area contributed by atoms with E-state index in [1.807, 2.05) is 18.2 Å². The molecule has 5 rings (SSSR count). The van der Waals surface area contributed by atoms with Crippen LogP contribution in [0.2, 0.25) is 0 Å². The molecule has 0 fully saturated rings. The molecule has 3 aromatic rings. The number of nitrogens with zero attached hydrogens (tertiary/aromatic N) is 1. The van der Waals surface area contributed by atoms with Gasteiger partial charge in [0.15, 0.2) is 11.5 Å². The predicted molar refractivity (Wildman–Crippen MR) is 128 cm³/mol. The van der Waals surface area contributed by atoms with E-state index < -0.39 is 10.0 Å². The van der Waals surface area contributed by atoms with Gasteiger partial charge in [0.25, 0.3) is 5.91 Å². The Balaban J connectivity index is 1.26.